The van der Waals surface area contributed by atoms with E-state index in [9.17, 15) is 9.59 Å². The molecule has 1 aliphatic rings. The van der Waals surface area contributed by atoms with Crippen LogP contribution in [0.2, 0.25) is 0 Å². The van der Waals surface area contributed by atoms with E-state index in [1.807, 2.05) is 18.2 Å². The van der Waals surface area contributed by atoms with E-state index in [1.54, 1.807) is 5.38 Å². The van der Waals surface area contributed by atoms with Crippen LogP contribution >= 0.6 is 23.1 Å². The number of aromatic nitrogens is 1. The van der Waals surface area contributed by atoms with Crippen LogP contribution in [0, 0.1) is 0 Å². The molecule has 1 aromatic heterocycles. The van der Waals surface area contributed by atoms with Crippen LogP contribution in [0.4, 0.5) is 5.13 Å². The Hall–Kier alpha value is -2.10. The molecule has 2 N–H and O–H groups in total. The highest BCUT2D eigenvalue weighted by molar-refractivity contribution is 7.99. The molecule has 0 aliphatic carbocycles. The van der Waals surface area contributed by atoms with Gasteiger partial charge in [-0.3, -0.25) is 20.4 Å². The number of hydrazine groups is 1. The van der Waals surface area contributed by atoms with E-state index in [1.165, 1.54) is 28.7 Å². The average molecular weight is 407 g/mol. The van der Waals surface area contributed by atoms with Gasteiger partial charge in [-0.2, -0.15) is 11.8 Å². The summed E-state index contributed by atoms with van der Waals surface area (Å²) >= 11 is 2.95. The molecule has 2 amide bonds. The summed E-state index contributed by atoms with van der Waals surface area (Å²) in [5, 5.41) is 2.49. The molecule has 0 unspecified atom stereocenters. The SMILES string of the molecule is O=C(CSCCc1ccccc1)NNC(=O)c1csc(N2CCOCC2)n1. The highest BCUT2D eigenvalue weighted by atomic mass is 32.2. The Morgan fingerprint density at radius 1 is 1.19 bits per heavy atom. The maximum absolute atomic E-state index is 12.1. The molecule has 0 spiro atoms. The Kier molecular flexibility index (Phi) is 7.49. The number of thioether (sulfide) groups is 1. The summed E-state index contributed by atoms with van der Waals surface area (Å²) in [5.74, 6) is 0.502. The first-order chi connectivity index (χ1) is 13.2. The Balaban J connectivity index is 1.34. The molecule has 27 heavy (non-hydrogen) atoms. The number of amides is 2. The summed E-state index contributed by atoms with van der Waals surface area (Å²) in [6.07, 6.45) is 0.911. The number of hydrogen-bond donors (Lipinski definition) is 2. The van der Waals surface area contributed by atoms with E-state index in [-0.39, 0.29) is 5.91 Å². The predicted octanol–water partition coefficient (Wildman–Crippen LogP) is 1.72. The maximum Gasteiger partial charge on any atom is 0.289 e. The predicted molar refractivity (Wildman–Crippen MR) is 108 cm³/mol. The molecule has 0 saturated carbocycles. The van der Waals surface area contributed by atoms with Crippen LogP contribution in [0.1, 0.15) is 16.1 Å². The van der Waals surface area contributed by atoms with Gasteiger partial charge in [-0.1, -0.05) is 30.3 Å². The van der Waals surface area contributed by atoms with Crippen LogP contribution < -0.4 is 15.8 Å². The van der Waals surface area contributed by atoms with Gasteiger partial charge in [-0.15, -0.1) is 11.3 Å². The van der Waals surface area contributed by atoms with Crippen molar-refractivity contribution in [1.82, 2.24) is 15.8 Å². The average Bonchev–Trinajstić information content (AvgIpc) is 3.21. The number of nitrogens with one attached hydrogen (secondary N) is 2. The molecule has 1 aromatic carbocycles. The third-order valence-electron chi connectivity index (χ3n) is 3.93. The van der Waals surface area contributed by atoms with Crippen LogP contribution in [-0.4, -0.2) is 54.6 Å². The Bertz CT molecular complexity index is 748. The lowest BCUT2D eigenvalue weighted by Crippen LogP contribution is -2.42. The van der Waals surface area contributed by atoms with Crippen LogP contribution in [0.25, 0.3) is 0 Å². The standard InChI is InChI=1S/C18H22N4O3S2/c23-16(13-26-11-6-14-4-2-1-3-5-14)20-21-17(24)15-12-27-18(19-15)22-7-9-25-10-8-22/h1-5,12H,6-11,13H2,(H,20,23)(H,21,24). The summed E-state index contributed by atoms with van der Waals surface area (Å²) < 4.78 is 5.31. The normalized spacial score (nSPS) is 14.0. The van der Waals surface area contributed by atoms with E-state index in [2.05, 4.69) is 32.9 Å². The number of carbonyl (C=O) groups is 2. The second kappa shape index (κ2) is 10.3. The number of benzene rings is 1. The number of thiazole rings is 1. The first kappa shape index (κ1) is 19.7. The molecule has 2 aromatic rings. The van der Waals surface area contributed by atoms with E-state index >= 15 is 0 Å². The molecule has 7 nitrogen and oxygen atoms in total. The van der Waals surface area contributed by atoms with Gasteiger partial charge in [0, 0.05) is 18.5 Å². The van der Waals surface area contributed by atoms with Crippen molar-refractivity contribution in [3.05, 3.63) is 47.0 Å². The van der Waals surface area contributed by atoms with Gasteiger partial charge in [0.25, 0.3) is 5.91 Å². The molecule has 2 heterocycles. The number of aryl methyl sites for hydroxylation is 1. The van der Waals surface area contributed by atoms with Gasteiger partial charge in [0.2, 0.25) is 5.91 Å². The topological polar surface area (TPSA) is 83.6 Å². The Morgan fingerprint density at radius 2 is 1.96 bits per heavy atom. The zero-order chi connectivity index (χ0) is 18.9. The summed E-state index contributed by atoms with van der Waals surface area (Å²) in [7, 11) is 0. The summed E-state index contributed by atoms with van der Waals surface area (Å²) in [5.41, 5.74) is 6.42. The van der Waals surface area contributed by atoms with Gasteiger partial charge in [0.05, 0.1) is 19.0 Å². The molecule has 0 radical (unpaired) electrons. The molecule has 0 bridgehead atoms. The van der Waals surface area contributed by atoms with Gasteiger partial charge in [-0.05, 0) is 17.7 Å². The summed E-state index contributed by atoms with van der Waals surface area (Å²) in [6.45, 7) is 2.87. The van der Waals surface area contributed by atoms with Gasteiger partial charge in [-0.25, -0.2) is 4.98 Å². The second-order valence-electron chi connectivity index (χ2n) is 5.91. The lowest BCUT2D eigenvalue weighted by molar-refractivity contribution is -0.119. The number of hydrogen-bond acceptors (Lipinski definition) is 7. The minimum atomic E-state index is -0.409. The zero-order valence-corrected chi connectivity index (χ0v) is 16.5. The Morgan fingerprint density at radius 3 is 2.74 bits per heavy atom. The number of ether oxygens (including phenoxy) is 1. The van der Waals surface area contributed by atoms with Crippen LogP contribution in [0.3, 0.4) is 0 Å². The molecule has 3 rings (SSSR count). The minimum Gasteiger partial charge on any atom is -0.378 e. The highest BCUT2D eigenvalue weighted by Crippen LogP contribution is 2.21. The largest absolute Gasteiger partial charge is 0.378 e. The van der Waals surface area contributed by atoms with Gasteiger partial charge < -0.3 is 9.64 Å². The van der Waals surface area contributed by atoms with Gasteiger partial charge in [0.1, 0.15) is 5.69 Å². The third kappa shape index (κ3) is 6.23. The van der Waals surface area contributed by atoms with Crippen LogP contribution in [0.5, 0.6) is 0 Å². The molecule has 1 fully saturated rings. The molecule has 9 heteroatoms. The van der Waals surface area contributed by atoms with Crippen LogP contribution in [0.15, 0.2) is 35.7 Å². The lowest BCUT2D eigenvalue weighted by Gasteiger charge is -2.25. The van der Waals surface area contributed by atoms with Gasteiger partial charge in [0.15, 0.2) is 5.13 Å². The van der Waals surface area contributed by atoms with Gasteiger partial charge >= 0.3 is 0 Å². The van der Waals surface area contributed by atoms with Crippen molar-refractivity contribution in [2.45, 2.75) is 6.42 Å². The summed E-state index contributed by atoms with van der Waals surface area (Å²) in [4.78, 5) is 30.4. The van der Waals surface area contributed by atoms with Crippen LogP contribution in [-0.2, 0) is 16.0 Å². The van der Waals surface area contributed by atoms with Crippen molar-refractivity contribution in [1.29, 1.82) is 0 Å². The lowest BCUT2D eigenvalue weighted by atomic mass is 10.2. The van der Waals surface area contributed by atoms with Crippen molar-refractivity contribution in [3.63, 3.8) is 0 Å². The van der Waals surface area contributed by atoms with E-state index in [0.717, 1.165) is 30.4 Å². The molecule has 0 atom stereocenters. The number of nitrogens with zero attached hydrogens (tertiary/aromatic N) is 2. The molecule has 144 valence electrons. The van der Waals surface area contributed by atoms with Crippen molar-refractivity contribution in [2.24, 2.45) is 0 Å². The Labute approximate surface area is 166 Å². The fourth-order valence-electron chi connectivity index (χ4n) is 2.49. The second-order valence-corrected chi connectivity index (χ2v) is 7.85. The molecular weight excluding hydrogens is 384 g/mol. The smallest absolute Gasteiger partial charge is 0.289 e. The first-order valence-corrected chi connectivity index (χ1v) is 10.7. The molecular formula is C18H22N4O3S2. The third-order valence-corrected chi connectivity index (χ3v) is 5.79. The number of carbonyl (C=O) groups excluding carboxylic acids is 2. The molecule has 1 aliphatic heterocycles. The quantitative estimate of drug-likeness (QED) is 0.538. The van der Waals surface area contributed by atoms with Crippen molar-refractivity contribution < 1.29 is 14.3 Å². The van der Waals surface area contributed by atoms with E-state index < -0.39 is 5.91 Å². The van der Waals surface area contributed by atoms with Crippen molar-refractivity contribution >= 4 is 40.0 Å². The zero-order valence-electron chi connectivity index (χ0n) is 14.8. The number of rotatable bonds is 7. The highest BCUT2D eigenvalue weighted by Gasteiger charge is 2.17. The fourth-order valence-corrected chi connectivity index (χ4v) is 4.14. The first-order valence-electron chi connectivity index (χ1n) is 8.71. The fraction of sp³-hybridized carbons (Fsp3) is 0.389. The van der Waals surface area contributed by atoms with E-state index in [4.69, 9.17) is 4.74 Å². The number of morpholine rings is 1. The summed E-state index contributed by atoms with van der Waals surface area (Å²) in [6, 6.07) is 10.1. The minimum absolute atomic E-state index is 0.231. The maximum atomic E-state index is 12.1. The van der Waals surface area contributed by atoms with Crippen molar-refractivity contribution in [2.75, 3.05) is 42.7 Å². The number of anilines is 1. The van der Waals surface area contributed by atoms with Crippen molar-refractivity contribution in [3.8, 4) is 0 Å². The monoisotopic (exact) mass is 406 g/mol. The van der Waals surface area contributed by atoms with E-state index in [0.29, 0.717) is 24.7 Å². The molecule has 1 saturated heterocycles.